The molecule has 1 unspecified atom stereocenters. The molecule has 0 aromatic rings. The van der Waals surface area contributed by atoms with Crippen molar-refractivity contribution in [2.24, 2.45) is 0 Å². The van der Waals surface area contributed by atoms with Gasteiger partial charge >= 0.3 is 0 Å². The molecule has 4 heteroatoms. The fraction of sp³-hybridized carbons (Fsp3) is 1.00. The van der Waals surface area contributed by atoms with Gasteiger partial charge in [0.15, 0.2) is 0 Å². The van der Waals surface area contributed by atoms with Gasteiger partial charge in [-0.05, 0) is 19.3 Å². The predicted octanol–water partition coefficient (Wildman–Crippen LogP) is 0.662. The summed E-state index contributed by atoms with van der Waals surface area (Å²) in [5.41, 5.74) is 0.0844. The number of ether oxygens (including phenoxy) is 3. The number of hydrogen-bond donors (Lipinski definition) is 1. The van der Waals surface area contributed by atoms with Crippen LogP contribution in [0.4, 0.5) is 0 Å². The van der Waals surface area contributed by atoms with Crippen molar-refractivity contribution in [1.29, 1.82) is 0 Å². The molecule has 4 nitrogen and oxygen atoms in total. The van der Waals surface area contributed by atoms with E-state index in [4.69, 9.17) is 14.2 Å². The van der Waals surface area contributed by atoms with Gasteiger partial charge < -0.3 is 14.2 Å². The zero-order valence-electron chi connectivity index (χ0n) is 9.09. The molecule has 1 N–H and O–H groups in total. The topological polar surface area (TPSA) is 39.7 Å². The number of nitrogens with one attached hydrogen (secondary N) is 1. The number of hydrogen-bond acceptors (Lipinski definition) is 4. The van der Waals surface area contributed by atoms with Crippen molar-refractivity contribution in [2.45, 2.75) is 36.9 Å². The second-order valence-electron chi connectivity index (χ2n) is 4.96. The van der Waals surface area contributed by atoms with Crippen molar-refractivity contribution in [3.63, 3.8) is 0 Å². The lowest BCUT2D eigenvalue weighted by Crippen LogP contribution is -2.71. The van der Waals surface area contributed by atoms with E-state index in [2.05, 4.69) is 5.32 Å². The van der Waals surface area contributed by atoms with E-state index in [0.717, 1.165) is 58.7 Å². The van der Waals surface area contributed by atoms with Crippen LogP contribution in [0.1, 0.15) is 25.7 Å². The van der Waals surface area contributed by atoms with E-state index in [0.29, 0.717) is 0 Å². The van der Waals surface area contributed by atoms with Gasteiger partial charge in [-0.25, -0.2) is 0 Å². The predicted molar refractivity (Wildman–Crippen MR) is 54.7 cm³/mol. The highest BCUT2D eigenvalue weighted by Crippen LogP contribution is 2.34. The summed E-state index contributed by atoms with van der Waals surface area (Å²) in [6, 6.07) is 0. The van der Waals surface area contributed by atoms with Crippen molar-refractivity contribution >= 4 is 0 Å². The van der Waals surface area contributed by atoms with E-state index in [1.54, 1.807) is 0 Å². The van der Waals surface area contributed by atoms with E-state index in [1.165, 1.54) is 0 Å². The molecule has 3 saturated heterocycles. The molecule has 86 valence electrons. The van der Waals surface area contributed by atoms with E-state index < -0.39 is 0 Å². The van der Waals surface area contributed by atoms with Crippen molar-refractivity contribution in [2.75, 3.05) is 33.0 Å². The Morgan fingerprint density at radius 3 is 2.60 bits per heavy atom. The van der Waals surface area contributed by atoms with Crippen LogP contribution >= 0.6 is 0 Å². The molecule has 0 saturated carbocycles. The average Bonchev–Trinajstić information content (AvgIpc) is 2.42. The van der Waals surface area contributed by atoms with Gasteiger partial charge in [-0.1, -0.05) is 0 Å². The standard InChI is InChI=1S/C11H19NO3/c1-2-11(4-6-13-5-1)12-10(3-7-15-11)8-14-9-10/h12H,1-9H2. The quantitative estimate of drug-likeness (QED) is 0.642. The first-order chi connectivity index (χ1) is 7.33. The van der Waals surface area contributed by atoms with Gasteiger partial charge in [0.1, 0.15) is 5.72 Å². The maximum atomic E-state index is 5.97. The third-order valence-corrected chi connectivity index (χ3v) is 3.73. The highest BCUT2D eigenvalue weighted by atomic mass is 16.5. The molecule has 15 heavy (non-hydrogen) atoms. The van der Waals surface area contributed by atoms with Gasteiger partial charge in [0.05, 0.1) is 32.0 Å². The monoisotopic (exact) mass is 213 g/mol. The highest BCUT2D eigenvalue weighted by molar-refractivity contribution is 5.02. The lowest BCUT2D eigenvalue weighted by molar-refractivity contribution is -0.200. The van der Waals surface area contributed by atoms with E-state index in [9.17, 15) is 0 Å². The minimum atomic E-state index is -0.126. The maximum Gasteiger partial charge on any atom is 0.122 e. The van der Waals surface area contributed by atoms with Crippen LogP contribution in [0.3, 0.4) is 0 Å². The first kappa shape index (κ1) is 10.0. The van der Waals surface area contributed by atoms with Crippen molar-refractivity contribution < 1.29 is 14.2 Å². The summed E-state index contributed by atoms with van der Waals surface area (Å²) in [7, 11) is 0. The fourth-order valence-corrected chi connectivity index (χ4v) is 2.78. The minimum Gasteiger partial charge on any atom is -0.381 e. The molecule has 3 rings (SSSR count). The Labute approximate surface area is 90.3 Å². The van der Waals surface area contributed by atoms with Gasteiger partial charge in [-0.2, -0.15) is 0 Å². The normalized spacial score (nSPS) is 40.0. The van der Waals surface area contributed by atoms with Gasteiger partial charge in [0.2, 0.25) is 0 Å². The molecule has 0 bridgehead atoms. The SMILES string of the molecule is C1COCCC2(C1)NC1(CCO2)COC1. The van der Waals surface area contributed by atoms with Crippen molar-refractivity contribution in [1.82, 2.24) is 5.32 Å². The molecular weight excluding hydrogens is 194 g/mol. The molecule has 1 atom stereocenters. The third-order valence-electron chi connectivity index (χ3n) is 3.73. The van der Waals surface area contributed by atoms with Gasteiger partial charge in [-0.15, -0.1) is 0 Å². The van der Waals surface area contributed by atoms with Crippen LogP contribution < -0.4 is 5.32 Å². The van der Waals surface area contributed by atoms with E-state index >= 15 is 0 Å². The van der Waals surface area contributed by atoms with E-state index in [-0.39, 0.29) is 11.3 Å². The largest absolute Gasteiger partial charge is 0.381 e. The molecule has 0 aliphatic carbocycles. The molecule has 3 fully saturated rings. The zero-order valence-corrected chi connectivity index (χ0v) is 9.09. The van der Waals surface area contributed by atoms with Crippen LogP contribution in [-0.4, -0.2) is 44.3 Å². The van der Waals surface area contributed by atoms with Gasteiger partial charge in [-0.3, -0.25) is 5.32 Å². The van der Waals surface area contributed by atoms with Crippen molar-refractivity contribution in [3.8, 4) is 0 Å². The summed E-state index contributed by atoms with van der Waals surface area (Å²) in [6.45, 7) is 4.23. The van der Waals surface area contributed by atoms with Crippen LogP contribution in [0.25, 0.3) is 0 Å². The first-order valence-corrected chi connectivity index (χ1v) is 5.92. The Balaban J connectivity index is 1.72. The Morgan fingerprint density at radius 1 is 0.867 bits per heavy atom. The first-order valence-electron chi connectivity index (χ1n) is 5.92. The van der Waals surface area contributed by atoms with Crippen LogP contribution in [0.15, 0.2) is 0 Å². The fourth-order valence-electron chi connectivity index (χ4n) is 2.78. The maximum absolute atomic E-state index is 5.97. The molecule has 2 spiro atoms. The third kappa shape index (κ3) is 1.80. The lowest BCUT2D eigenvalue weighted by Gasteiger charge is -2.53. The molecule has 3 heterocycles. The second kappa shape index (κ2) is 3.70. The second-order valence-corrected chi connectivity index (χ2v) is 4.96. The Morgan fingerprint density at radius 2 is 1.80 bits per heavy atom. The summed E-state index contributed by atoms with van der Waals surface area (Å²) >= 11 is 0. The Kier molecular flexibility index (Phi) is 2.47. The van der Waals surface area contributed by atoms with Crippen LogP contribution in [0.5, 0.6) is 0 Å². The lowest BCUT2D eigenvalue weighted by atomic mass is 9.87. The Hall–Kier alpha value is -0.160. The van der Waals surface area contributed by atoms with Gasteiger partial charge in [0.25, 0.3) is 0 Å². The summed E-state index contributed by atoms with van der Waals surface area (Å²) in [5.74, 6) is 0. The Bertz CT molecular complexity index is 232. The molecule has 0 aromatic heterocycles. The summed E-state index contributed by atoms with van der Waals surface area (Å²) < 4.78 is 16.8. The van der Waals surface area contributed by atoms with Crippen molar-refractivity contribution in [3.05, 3.63) is 0 Å². The molecule has 3 aliphatic heterocycles. The summed E-state index contributed by atoms with van der Waals surface area (Å²) in [4.78, 5) is 0. The zero-order chi connectivity index (χ0) is 10.2. The molecule has 3 aliphatic rings. The molecule has 0 radical (unpaired) electrons. The highest BCUT2D eigenvalue weighted by Gasteiger charge is 2.49. The van der Waals surface area contributed by atoms with Crippen LogP contribution in [0.2, 0.25) is 0 Å². The average molecular weight is 213 g/mol. The number of rotatable bonds is 0. The van der Waals surface area contributed by atoms with Crippen LogP contribution in [-0.2, 0) is 14.2 Å². The molecular formula is C11H19NO3. The molecule has 0 amide bonds. The summed E-state index contributed by atoms with van der Waals surface area (Å²) in [6.07, 6.45) is 4.20. The van der Waals surface area contributed by atoms with E-state index in [1.807, 2.05) is 0 Å². The smallest absolute Gasteiger partial charge is 0.122 e. The minimum absolute atomic E-state index is 0.126. The van der Waals surface area contributed by atoms with Crippen LogP contribution in [0, 0.1) is 0 Å². The van der Waals surface area contributed by atoms with Gasteiger partial charge in [0, 0.05) is 13.0 Å². The summed E-state index contributed by atoms with van der Waals surface area (Å²) in [5, 5.41) is 3.69. The molecule has 0 aromatic carbocycles.